The van der Waals surface area contributed by atoms with Crippen LogP contribution >= 0.6 is 0 Å². The minimum Gasteiger partial charge on any atom is -0.439 e. The van der Waals surface area contributed by atoms with Gasteiger partial charge < -0.3 is 14.3 Å². The highest BCUT2D eigenvalue weighted by Gasteiger charge is 2.22. The van der Waals surface area contributed by atoms with Crippen LogP contribution in [0.3, 0.4) is 0 Å². The molecule has 0 atom stereocenters. The molecule has 5 aromatic rings. The molecule has 0 saturated heterocycles. The largest absolute Gasteiger partial charge is 0.439 e. The van der Waals surface area contributed by atoms with Gasteiger partial charge in [0, 0.05) is 18.1 Å². The molecule has 5 rings (SSSR count). The number of rotatable bonds is 3. The predicted molar refractivity (Wildman–Crippen MR) is 119 cm³/mol. The zero-order chi connectivity index (χ0) is 20.0. The molecule has 2 aromatic heterocycles. The molecule has 0 bridgehead atoms. The van der Waals surface area contributed by atoms with Gasteiger partial charge in [-0.3, -0.25) is 4.79 Å². The van der Waals surface area contributed by atoms with E-state index >= 15 is 0 Å². The summed E-state index contributed by atoms with van der Waals surface area (Å²) in [5, 5.41) is 4.88. The van der Waals surface area contributed by atoms with Gasteiger partial charge in [0.05, 0.1) is 16.5 Å². The summed E-state index contributed by atoms with van der Waals surface area (Å²) in [5.74, 6) is 0.573. The van der Waals surface area contributed by atoms with E-state index in [1.807, 2.05) is 85.8 Å². The van der Waals surface area contributed by atoms with Gasteiger partial charge >= 0.3 is 0 Å². The Kier molecular flexibility index (Phi) is 3.98. The van der Waals surface area contributed by atoms with E-state index in [1.165, 1.54) is 0 Å². The number of hydrogen-bond acceptors (Lipinski definition) is 3. The van der Waals surface area contributed by atoms with Crippen molar-refractivity contribution in [3.05, 3.63) is 94.8 Å². The minimum atomic E-state index is -0.0702. The number of benzene rings is 3. The molecule has 0 aliphatic carbocycles. The second-order valence-electron chi connectivity index (χ2n) is 7.25. The standard InChI is InChI=1S/C25H20N2O2/c1-16-12-14-17(15-13-16)21-22-23(29-24(21)26-18-8-4-3-5-9-18)19-10-6-7-11-20(19)27(2)25(22)28/h3-15,26H,1-2H3. The number of fused-ring (bicyclic) bond motifs is 3. The molecule has 0 fully saturated rings. The van der Waals surface area contributed by atoms with Crippen molar-refractivity contribution >= 4 is 33.4 Å². The molecular formula is C25H20N2O2. The van der Waals surface area contributed by atoms with E-state index in [-0.39, 0.29) is 5.56 Å². The van der Waals surface area contributed by atoms with Crippen molar-refractivity contribution in [2.75, 3.05) is 5.32 Å². The summed E-state index contributed by atoms with van der Waals surface area (Å²) in [5.41, 5.74) is 5.19. The highest BCUT2D eigenvalue weighted by Crippen LogP contribution is 2.40. The van der Waals surface area contributed by atoms with Gasteiger partial charge in [0.2, 0.25) is 5.88 Å². The van der Waals surface area contributed by atoms with Crippen LogP contribution in [0.15, 0.2) is 88.1 Å². The first-order valence-electron chi connectivity index (χ1n) is 9.57. The van der Waals surface area contributed by atoms with Gasteiger partial charge in [-0.05, 0) is 36.8 Å². The Morgan fingerprint density at radius 3 is 2.31 bits per heavy atom. The van der Waals surface area contributed by atoms with Gasteiger partial charge in [-0.25, -0.2) is 0 Å². The Labute approximate surface area is 168 Å². The molecule has 0 amide bonds. The van der Waals surface area contributed by atoms with Crippen LogP contribution in [0.5, 0.6) is 0 Å². The van der Waals surface area contributed by atoms with Crippen LogP contribution in [-0.2, 0) is 7.05 Å². The highest BCUT2D eigenvalue weighted by atomic mass is 16.4. The van der Waals surface area contributed by atoms with E-state index in [2.05, 4.69) is 5.32 Å². The summed E-state index contributed by atoms with van der Waals surface area (Å²) in [7, 11) is 1.81. The lowest BCUT2D eigenvalue weighted by atomic mass is 10.0. The number of anilines is 2. The first-order valence-corrected chi connectivity index (χ1v) is 9.57. The van der Waals surface area contributed by atoms with E-state index in [9.17, 15) is 4.79 Å². The maximum absolute atomic E-state index is 13.3. The Morgan fingerprint density at radius 2 is 1.55 bits per heavy atom. The summed E-state index contributed by atoms with van der Waals surface area (Å²) < 4.78 is 8.00. The fourth-order valence-electron chi connectivity index (χ4n) is 3.80. The highest BCUT2D eigenvalue weighted by molar-refractivity contribution is 6.11. The number of nitrogens with zero attached hydrogens (tertiary/aromatic N) is 1. The van der Waals surface area contributed by atoms with E-state index < -0.39 is 0 Å². The second kappa shape index (κ2) is 6.67. The molecule has 0 aliphatic rings. The van der Waals surface area contributed by atoms with Crippen LogP contribution in [0, 0.1) is 6.92 Å². The molecule has 1 N–H and O–H groups in total. The summed E-state index contributed by atoms with van der Waals surface area (Å²) in [4.78, 5) is 13.3. The van der Waals surface area contributed by atoms with Crippen LogP contribution in [0.2, 0.25) is 0 Å². The summed E-state index contributed by atoms with van der Waals surface area (Å²) >= 11 is 0. The van der Waals surface area contributed by atoms with Crippen LogP contribution in [0.4, 0.5) is 11.6 Å². The average molecular weight is 380 g/mol. The number of para-hydroxylation sites is 2. The van der Waals surface area contributed by atoms with Crippen LogP contribution < -0.4 is 10.9 Å². The molecule has 0 saturated carbocycles. The van der Waals surface area contributed by atoms with Gasteiger partial charge in [0.1, 0.15) is 0 Å². The molecule has 0 spiro atoms. The zero-order valence-corrected chi connectivity index (χ0v) is 16.3. The molecule has 3 aromatic carbocycles. The fourth-order valence-corrected chi connectivity index (χ4v) is 3.80. The molecule has 0 unspecified atom stereocenters. The van der Waals surface area contributed by atoms with Gasteiger partial charge in [0.15, 0.2) is 5.58 Å². The minimum absolute atomic E-state index is 0.0702. The van der Waals surface area contributed by atoms with Gasteiger partial charge in [-0.1, -0.05) is 60.2 Å². The molecule has 29 heavy (non-hydrogen) atoms. The van der Waals surface area contributed by atoms with Crippen molar-refractivity contribution < 1.29 is 4.42 Å². The van der Waals surface area contributed by atoms with E-state index in [0.717, 1.165) is 33.3 Å². The summed E-state index contributed by atoms with van der Waals surface area (Å²) in [6.45, 7) is 2.05. The number of hydrogen-bond donors (Lipinski definition) is 1. The Bertz CT molecular complexity index is 1390. The Hall–Kier alpha value is -3.79. The second-order valence-corrected chi connectivity index (χ2v) is 7.25. The SMILES string of the molecule is Cc1ccc(-c2c(Nc3ccccc3)oc3c2c(=O)n(C)c2ccccc32)cc1. The van der Waals surface area contributed by atoms with Crippen LogP contribution in [0.25, 0.3) is 33.0 Å². The van der Waals surface area contributed by atoms with Gasteiger partial charge in [0.25, 0.3) is 5.56 Å². The number of pyridine rings is 1. The molecule has 2 heterocycles. The first kappa shape index (κ1) is 17.3. The zero-order valence-electron chi connectivity index (χ0n) is 16.3. The van der Waals surface area contributed by atoms with Crippen molar-refractivity contribution in [2.24, 2.45) is 7.05 Å². The van der Waals surface area contributed by atoms with E-state index in [1.54, 1.807) is 11.6 Å². The Balaban J connectivity index is 1.89. The number of aryl methyl sites for hydroxylation is 2. The molecule has 4 heteroatoms. The molecular weight excluding hydrogens is 360 g/mol. The first-order chi connectivity index (χ1) is 14.1. The lowest BCUT2D eigenvalue weighted by Crippen LogP contribution is -2.17. The monoisotopic (exact) mass is 380 g/mol. The molecule has 142 valence electrons. The average Bonchev–Trinajstić information content (AvgIpc) is 3.12. The smallest absolute Gasteiger partial charge is 0.262 e. The quantitative estimate of drug-likeness (QED) is 0.417. The van der Waals surface area contributed by atoms with E-state index in [0.29, 0.717) is 16.9 Å². The van der Waals surface area contributed by atoms with Gasteiger partial charge in [-0.15, -0.1) is 0 Å². The lowest BCUT2D eigenvalue weighted by molar-refractivity contribution is 0.638. The number of aromatic nitrogens is 1. The maximum Gasteiger partial charge on any atom is 0.262 e. The van der Waals surface area contributed by atoms with Gasteiger partial charge in [-0.2, -0.15) is 0 Å². The van der Waals surface area contributed by atoms with Crippen molar-refractivity contribution in [1.29, 1.82) is 0 Å². The number of furan rings is 1. The molecule has 4 nitrogen and oxygen atoms in total. The predicted octanol–water partition coefficient (Wildman–Crippen LogP) is 6.00. The lowest BCUT2D eigenvalue weighted by Gasteiger charge is -2.07. The number of nitrogens with one attached hydrogen (secondary N) is 1. The Morgan fingerprint density at radius 1 is 0.862 bits per heavy atom. The van der Waals surface area contributed by atoms with Crippen LogP contribution in [0.1, 0.15) is 5.56 Å². The van der Waals surface area contributed by atoms with Crippen molar-refractivity contribution in [3.63, 3.8) is 0 Å². The third-order valence-electron chi connectivity index (χ3n) is 5.31. The maximum atomic E-state index is 13.3. The van der Waals surface area contributed by atoms with Crippen molar-refractivity contribution in [1.82, 2.24) is 4.57 Å². The molecule has 0 radical (unpaired) electrons. The normalized spacial score (nSPS) is 11.2. The van der Waals surface area contributed by atoms with Crippen molar-refractivity contribution in [3.8, 4) is 11.1 Å². The third-order valence-corrected chi connectivity index (χ3v) is 5.31. The van der Waals surface area contributed by atoms with Crippen LogP contribution in [-0.4, -0.2) is 4.57 Å². The van der Waals surface area contributed by atoms with E-state index in [4.69, 9.17) is 4.42 Å². The van der Waals surface area contributed by atoms with Crippen molar-refractivity contribution in [2.45, 2.75) is 6.92 Å². The topological polar surface area (TPSA) is 47.2 Å². The fraction of sp³-hybridized carbons (Fsp3) is 0.0800. The summed E-state index contributed by atoms with van der Waals surface area (Å²) in [6.07, 6.45) is 0. The third kappa shape index (κ3) is 2.81. The summed E-state index contributed by atoms with van der Waals surface area (Å²) in [6, 6.07) is 25.8. The molecule has 0 aliphatic heterocycles.